The first kappa shape index (κ1) is 19.6. The predicted molar refractivity (Wildman–Crippen MR) is 115 cm³/mol. The van der Waals surface area contributed by atoms with Gasteiger partial charge in [-0.1, -0.05) is 112 Å². The summed E-state index contributed by atoms with van der Waals surface area (Å²) in [4.78, 5) is 13.1. The number of carbonyl (C=O) groups is 1. The molecule has 142 valence electrons. The Hall–Kier alpha value is -3.13. The number of benzene rings is 3. The molecule has 0 heterocycles. The molecule has 0 spiro atoms. The van der Waals surface area contributed by atoms with E-state index in [1.165, 1.54) is 0 Å². The normalized spacial score (nSPS) is 12.1. The summed E-state index contributed by atoms with van der Waals surface area (Å²) in [7, 11) is 0. The van der Waals surface area contributed by atoms with Gasteiger partial charge in [-0.2, -0.15) is 0 Å². The van der Waals surface area contributed by atoms with Crippen LogP contribution in [0.25, 0.3) is 5.57 Å². The molecule has 0 aliphatic rings. The molecule has 0 aromatic heterocycles. The zero-order chi connectivity index (χ0) is 20.0. The molecule has 2 heteroatoms. The summed E-state index contributed by atoms with van der Waals surface area (Å²) >= 11 is 0. The van der Waals surface area contributed by atoms with Crippen molar-refractivity contribution >= 4 is 11.5 Å². The SMILES string of the molecule is CC(C)(C)[C@H](C(=O)OC=C(c1ccccc1)c1ccccc1)c1ccccc1. The highest BCUT2D eigenvalue weighted by molar-refractivity contribution is 5.83. The summed E-state index contributed by atoms with van der Waals surface area (Å²) in [6.45, 7) is 6.18. The van der Waals surface area contributed by atoms with E-state index >= 15 is 0 Å². The summed E-state index contributed by atoms with van der Waals surface area (Å²) < 4.78 is 5.76. The topological polar surface area (TPSA) is 26.3 Å². The van der Waals surface area contributed by atoms with Gasteiger partial charge in [0.1, 0.15) is 6.26 Å². The first-order valence-corrected chi connectivity index (χ1v) is 9.53. The van der Waals surface area contributed by atoms with Gasteiger partial charge >= 0.3 is 5.97 Å². The first-order chi connectivity index (χ1) is 13.5. The smallest absolute Gasteiger partial charge is 0.318 e. The van der Waals surface area contributed by atoms with Gasteiger partial charge in [0.05, 0.1) is 5.92 Å². The van der Waals surface area contributed by atoms with Crippen LogP contribution in [-0.4, -0.2) is 5.97 Å². The number of hydrogen-bond donors (Lipinski definition) is 0. The Balaban J connectivity index is 1.94. The van der Waals surface area contributed by atoms with Gasteiger partial charge in [-0.3, -0.25) is 4.79 Å². The van der Waals surface area contributed by atoms with E-state index < -0.39 is 0 Å². The molecule has 0 unspecified atom stereocenters. The lowest BCUT2D eigenvalue weighted by atomic mass is 9.76. The molecule has 0 aliphatic heterocycles. The van der Waals surface area contributed by atoms with Crippen LogP contribution in [0.5, 0.6) is 0 Å². The van der Waals surface area contributed by atoms with Crippen molar-refractivity contribution in [1.82, 2.24) is 0 Å². The number of rotatable bonds is 5. The van der Waals surface area contributed by atoms with Crippen LogP contribution in [0.4, 0.5) is 0 Å². The summed E-state index contributed by atoms with van der Waals surface area (Å²) in [5, 5.41) is 0. The van der Waals surface area contributed by atoms with Crippen LogP contribution in [0.3, 0.4) is 0 Å². The Morgan fingerprint density at radius 1 is 0.750 bits per heavy atom. The second-order valence-corrected chi connectivity index (χ2v) is 7.91. The van der Waals surface area contributed by atoms with E-state index in [0.717, 1.165) is 22.3 Å². The van der Waals surface area contributed by atoms with Crippen LogP contribution in [0.15, 0.2) is 97.3 Å². The fourth-order valence-electron chi connectivity index (χ4n) is 3.36. The van der Waals surface area contributed by atoms with Gasteiger partial charge in [0, 0.05) is 5.57 Å². The van der Waals surface area contributed by atoms with E-state index in [2.05, 4.69) is 20.8 Å². The van der Waals surface area contributed by atoms with Gasteiger partial charge in [0.15, 0.2) is 0 Å². The van der Waals surface area contributed by atoms with Crippen LogP contribution in [0, 0.1) is 5.41 Å². The summed E-state index contributed by atoms with van der Waals surface area (Å²) in [6.07, 6.45) is 1.59. The van der Waals surface area contributed by atoms with Gasteiger partial charge < -0.3 is 4.74 Å². The van der Waals surface area contributed by atoms with Crippen LogP contribution >= 0.6 is 0 Å². The lowest BCUT2D eigenvalue weighted by Gasteiger charge is -2.28. The standard InChI is InChI=1S/C26H26O2/c1-26(2,3)24(22-17-11-6-12-18-22)25(27)28-19-23(20-13-7-4-8-14-20)21-15-9-5-10-16-21/h4-19,24H,1-3H3/t24-/m0/s1. The van der Waals surface area contributed by atoms with Crippen molar-refractivity contribution in [3.63, 3.8) is 0 Å². The maximum absolute atomic E-state index is 13.1. The van der Waals surface area contributed by atoms with E-state index in [0.29, 0.717) is 0 Å². The van der Waals surface area contributed by atoms with Gasteiger partial charge in [0.2, 0.25) is 0 Å². The van der Waals surface area contributed by atoms with Gasteiger partial charge in [0.25, 0.3) is 0 Å². The number of carbonyl (C=O) groups excluding carboxylic acids is 1. The van der Waals surface area contributed by atoms with Crippen molar-refractivity contribution in [1.29, 1.82) is 0 Å². The van der Waals surface area contributed by atoms with E-state index in [9.17, 15) is 4.79 Å². The second-order valence-electron chi connectivity index (χ2n) is 7.91. The zero-order valence-corrected chi connectivity index (χ0v) is 16.6. The lowest BCUT2D eigenvalue weighted by Crippen LogP contribution is -2.27. The highest BCUT2D eigenvalue weighted by Crippen LogP contribution is 2.36. The molecule has 2 nitrogen and oxygen atoms in total. The molecule has 0 N–H and O–H groups in total. The van der Waals surface area contributed by atoms with Crippen LogP contribution in [-0.2, 0) is 9.53 Å². The van der Waals surface area contributed by atoms with Crippen LogP contribution < -0.4 is 0 Å². The molecule has 1 atom stereocenters. The molecule has 0 bridgehead atoms. The molecule has 0 fully saturated rings. The number of hydrogen-bond acceptors (Lipinski definition) is 2. The number of esters is 1. The fourth-order valence-corrected chi connectivity index (χ4v) is 3.36. The third-order valence-electron chi connectivity index (χ3n) is 4.70. The second kappa shape index (κ2) is 8.71. The first-order valence-electron chi connectivity index (χ1n) is 9.53. The molecule has 0 radical (unpaired) electrons. The monoisotopic (exact) mass is 370 g/mol. The van der Waals surface area contributed by atoms with E-state index in [1.54, 1.807) is 6.26 Å². The Morgan fingerprint density at radius 3 is 1.61 bits per heavy atom. The highest BCUT2D eigenvalue weighted by Gasteiger charge is 2.34. The van der Waals surface area contributed by atoms with Crippen molar-refractivity contribution in [3.8, 4) is 0 Å². The molecule has 3 aromatic rings. The Morgan fingerprint density at radius 2 is 1.18 bits per heavy atom. The Kier molecular flexibility index (Phi) is 6.10. The third kappa shape index (κ3) is 4.77. The van der Waals surface area contributed by atoms with Crippen molar-refractivity contribution in [2.45, 2.75) is 26.7 Å². The van der Waals surface area contributed by atoms with Crippen molar-refractivity contribution < 1.29 is 9.53 Å². The molecule has 0 amide bonds. The largest absolute Gasteiger partial charge is 0.433 e. The summed E-state index contributed by atoms with van der Waals surface area (Å²) in [5.74, 6) is -0.596. The van der Waals surface area contributed by atoms with Crippen molar-refractivity contribution in [3.05, 3.63) is 114 Å². The fraction of sp³-hybridized carbons (Fsp3) is 0.192. The molecular weight excluding hydrogens is 344 g/mol. The Labute approximate surface area is 167 Å². The minimum atomic E-state index is -0.349. The maximum Gasteiger partial charge on any atom is 0.318 e. The zero-order valence-electron chi connectivity index (χ0n) is 16.6. The van der Waals surface area contributed by atoms with E-state index in [4.69, 9.17) is 4.74 Å². The van der Waals surface area contributed by atoms with Gasteiger partial charge in [-0.15, -0.1) is 0 Å². The molecule has 0 aliphatic carbocycles. The highest BCUT2D eigenvalue weighted by atomic mass is 16.5. The van der Waals surface area contributed by atoms with Crippen LogP contribution in [0.1, 0.15) is 43.4 Å². The molecular formula is C26H26O2. The minimum absolute atomic E-state index is 0.247. The average Bonchev–Trinajstić information content (AvgIpc) is 2.70. The Bertz CT molecular complexity index is 879. The lowest BCUT2D eigenvalue weighted by molar-refractivity contribution is -0.142. The quantitative estimate of drug-likeness (QED) is 0.381. The average molecular weight is 370 g/mol. The van der Waals surface area contributed by atoms with Crippen molar-refractivity contribution in [2.75, 3.05) is 0 Å². The molecule has 28 heavy (non-hydrogen) atoms. The van der Waals surface area contributed by atoms with Crippen LogP contribution in [0.2, 0.25) is 0 Å². The molecule has 3 rings (SSSR count). The van der Waals surface area contributed by atoms with E-state index in [1.807, 2.05) is 91.0 Å². The maximum atomic E-state index is 13.1. The summed E-state index contributed by atoms with van der Waals surface area (Å²) in [5.41, 5.74) is 3.61. The van der Waals surface area contributed by atoms with Gasteiger partial charge in [-0.25, -0.2) is 0 Å². The predicted octanol–water partition coefficient (Wildman–Crippen LogP) is 6.45. The molecule has 3 aromatic carbocycles. The summed E-state index contributed by atoms with van der Waals surface area (Å²) in [6, 6.07) is 29.8. The van der Waals surface area contributed by atoms with Gasteiger partial charge in [-0.05, 0) is 22.1 Å². The third-order valence-corrected chi connectivity index (χ3v) is 4.70. The molecule has 0 saturated heterocycles. The van der Waals surface area contributed by atoms with Crippen molar-refractivity contribution in [2.24, 2.45) is 5.41 Å². The molecule has 0 saturated carbocycles. The number of ether oxygens (including phenoxy) is 1. The minimum Gasteiger partial charge on any atom is -0.433 e. The van der Waals surface area contributed by atoms with E-state index in [-0.39, 0.29) is 17.3 Å².